The summed E-state index contributed by atoms with van der Waals surface area (Å²) >= 11 is 6.34. The van der Waals surface area contributed by atoms with Gasteiger partial charge in [0.1, 0.15) is 18.3 Å². The molecule has 4 aromatic rings. The number of nitro benzene ring substituents is 1. The van der Waals surface area contributed by atoms with Crippen LogP contribution in [0.3, 0.4) is 0 Å². The molecule has 49 heavy (non-hydrogen) atoms. The van der Waals surface area contributed by atoms with Gasteiger partial charge in [-0.05, 0) is 63.1 Å². The highest BCUT2D eigenvalue weighted by Gasteiger charge is 2.36. The van der Waals surface area contributed by atoms with Crippen molar-refractivity contribution in [3.8, 4) is 5.75 Å². The average molecular weight is 707 g/mol. The summed E-state index contributed by atoms with van der Waals surface area (Å²) in [5.74, 6) is -1.02. The summed E-state index contributed by atoms with van der Waals surface area (Å²) in [6.07, 6.45) is 0.147. The van der Waals surface area contributed by atoms with Crippen LogP contribution in [0.25, 0.3) is 0 Å². The number of sulfonamides is 1. The van der Waals surface area contributed by atoms with E-state index in [1.807, 2.05) is 75.4 Å². The smallest absolute Gasteiger partial charge is 0.273 e. The van der Waals surface area contributed by atoms with Crippen LogP contribution in [0, 0.1) is 24.0 Å². The molecule has 4 aromatic carbocycles. The third kappa shape index (κ3) is 9.15. The molecule has 1 atom stereocenters. The molecule has 1 N–H and O–H groups in total. The van der Waals surface area contributed by atoms with Crippen LogP contribution in [0.5, 0.6) is 5.75 Å². The molecule has 11 nitrogen and oxygen atoms in total. The Bertz CT molecular complexity index is 1940. The van der Waals surface area contributed by atoms with Crippen LogP contribution < -0.4 is 14.4 Å². The molecule has 0 aromatic heterocycles. The normalized spacial score (nSPS) is 11.9. The number of rotatable bonds is 14. The molecule has 0 saturated heterocycles. The Morgan fingerprint density at radius 1 is 0.939 bits per heavy atom. The lowest BCUT2D eigenvalue weighted by Gasteiger charge is -2.34. The number of aryl methyl sites for hydroxylation is 2. The number of carbonyl (C=O) groups excluding carboxylic acids is 2. The van der Waals surface area contributed by atoms with Gasteiger partial charge in [0.15, 0.2) is 0 Å². The quantitative estimate of drug-likeness (QED) is 0.121. The van der Waals surface area contributed by atoms with Gasteiger partial charge in [-0.3, -0.25) is 24.0 Å². The first kappa shape index (κ1) is 36.9. The van der Waals surface area contributed by atoms with E-state index >= 15 is 0 Å². The number of halogens is 1. The number of hydrogen-bond donors (Lipinski definition) is 1. The second-order valence-electron chi connectivity index (χ2n) is 11.9. The molecule has 0 bridgehead atoms. The van der Waals surface area contributed by atoms with Gasteiger partial charge in [-0.1, -0.05) is 77.8 Å². The minimum atomic E-state index is -4.67. The first-order valence-electron chi connectivity index (χ1n) is 15.5. The number of ether oxygens (including phenoxy) is 1. The fourth-order valence-electron chi connectivity index (χ4n) is 5.39. The maximum atomic E-state index is 14.7. The van der Waals surface area contributed by atoms with Gasteiger partial charge >= 0.3 is 0 Å². The second-order valence-corrected chi connectivity index (χ2v) is 14.2. The summed E-state index contributed by atoms with van der Waals surface area (Å²) in [5.41, 5.74) is 2.25. The van der Waals surface area contributed by atoms with Crippen LogP contribution in [0.2, 0.25) is 5.02 Å². The highest BCUT2D eigenvalue weighted by molar-refractivity contribution is 7.92. The molecule has 2 amide bonds. The Labute approximate surface area is 291 Å². The minimum absolute atomic E-state index is 0.0138. The van der Waals surface area contributed by atoms with Crippen LogP contribution in [0.15, 0.2) is 95.9 Å². The monoisotopic (exact) mass is 706 g/mol. The molecule has 0 heterocycles. The van der Waals surface area contributed by atoms with Gasteiger partial charge in [0, 0.05) is 35.7 Å². The first-order chi connectivity index (χ1) is 23.2. The molecule has 4 rings (SSSR count). The first-order valence-corrected chi connectivity index (χ1v) is 17.3. The standard InChI is InChI=1S/C36H39ClN4O7S/c1-24(2)38-36(43)33(19-27-11-7-6-8-12-27)39(22-28-13-9-10-25(3)18-28)35(42)23-40(32-20-29(37)15-17-34(32)48-5)49(46,47)30-16-14-26(4)31(21-30)41(44)45/h6-18,20-21,24,33H,19,22-23H2,1-5H3,(H,38,43)/t33-/m0/s1. The molecule has 13 heteroatoms. The van der Waals surface area contributed by atoms with E-state index in [1.54, 1.807) is 0 Å². The third-order valence-corrected chi connectivity index (χ3v) is 9.78. The number of methoxy groups -OCH3 is 1. The van der Waals surface area contributed by atoms with Crippen LogP contribution in [0.1, 0.15) is 36.1 Å². The van der Waals surface area contributed by atoms with Crippen molar-refractivity contribution in [2.75, 3.05) is 18.0 Å². The Hall–Kier alpha value is -4.94. The van der Waals surface area contributed by atoms with E-state index in [0.29, 0.717) is 0 Å². The molecule has 0 spiro atoms. The molecular weight excluding hydrogens is 668 g/mol. The molecule has 0 saturated carbocycles. The van der Waals surface area contributed by atoms with Crippen molar-refractivity contribution in [3.63, 3.8) is 0 Å². The highest BCUT2D eigenvalue weighted by atomic mass is 35.5. The van der Waals surface area contributed by atoms with Gasteiger partial charge < -0.3 is 15.0 Å². The molecule has 0 fully saturated rings. The number of nitro groups is 1. The third-order valence-electron chi connectivity index (χ3n) is 7.79. The summed E-state index contributed by atoms with van der Waals surface area (Å²) in [7, 11) is -3.33. The highest BCUT2D eigenvalue weighted by Crippen LogP contribution is 2.36. The average Bonchev–Trinajstić information content (AvgIpc) is 3.05. The van der Waals surface area contributed by atoms with E-state index in [0.717, 1.165) is 27.1 Å². The topological polar surface area (TPSA) is 139 Å². The summed E-state index contributed by atoms with van der Waals surface area (Å²) in [6, 6.07) is 23.2. The van der Waals surface area contributed by atoms with E-state index in [2.05, 4.69) is 5.32 Å². The van der Waals surface area contributed by atoms with Gasteiger partial charge in [-0.15, -0.1) is 0 Å². The van der Waals surface area contributed by atoms with Gasteiger partial charge in [0.2, 0.25) is 11.8 Å². The molecule has 0 radical (unpaired) electrons. The number of nitrogens with one attached hydrogen (secondary N) is 1. The summed E-state index contributed by atoms with van der Waals surface area (Å²) in [5, 5.41) is 14.9. The summed E-state index contributed by atoms with van der Waals surface area (Å²) < 4.78 is 35.2. The number of hydrogen-bond acceptors (Lipinski definition) is 7. The predicted octanol–water partition coefficient (Wildman–Crippen LogP) is 6.23. The Balaban J connectivity index is 1.90. The molecule has 258 valence electrons. The van der Waals surface area contributed by atoms with Gasteiger partial charge in [0.05, 0.1) is 22.6 Å². The minimum Gasteiger partial charge on any atom is -0.495 e. The second kappa shape index (κ2) is 16.0. The number of amides is 2. The van der Waals surface area contributed by atoms with Crippen molar-refractivity contribution in [2.45, 2.75) is 57.6 Å². The van der Waals surface area contributed by atoms with Crippen molar-refractivity contribution in [2.24, 2.45) is 0 Å². The van der Waals surface area contributed by atoms with Crippen molar-refractivity contribution in [1.29, 1.82) is 0 Å². The summed E-state index contributed by atoms with van der Waals surface area (Å²) in [6.45, 7) is 6.22. The lowest BCUT2D eigenvalue weighted by molar-refractivity contribution is -0.385. The number of carbonyl (C=O) groups is 2. The van der Waals surface area contributed by atoms with E-state index in [9.17, 15) is 28.1 Å². The van der Waals surface area contributed by atoms with E-state index in [-0.39, 0.29) is 41.0 Å². The Kier molecular flexibility index (Phi) is 12.0. The molecule has 0 aliphatic carbocycles. The fourth-order valence-corrected chi connectivity index (χ4v) is 6.99. The van der Waals surface area contributed by atoms with Crippen LogP contribution in [-0.4, -0.2) is 55.8 Å². The van der Waals surface area contributed by atoms with Crippen LogP contribution >= 0.6 is 11.6 Å². The number of benzene rings is 4. The maximum Gasteiger partial charge on any atom is 0.273 e. The van der Waals surface area contributed by atoms with Gasteiger partial charge in [-0.25, -0.2) is 8.42 Å². The summed E-state index contributed by atoms with van der Waals surface area (Å²) in [4.78, 5) is 40.6. The van der Waals surface area contributed by atoms with Crippen molar-refractivity contribution in [1.82, 2.24) is 10.2 Å². The van der Waals surface area contributed by atoms with Gasteiger partial charge in [0.25, 0.3) is 15.7 Å². The van der Waals surface area contributed by atoms with E-state index < -0.39 is 49.9 Å². The number of nitrogens with zero attached hydrogens (tertiary/aromatic N) is 3. The number of anilines is 1. The van der Waals surface area contributed by atoms with Crippen LogP contribution in [0.4, 0.5) is 11.4 Å². The van der Waals surface area contributed by atoms with Crippen LogP contribution in [-0.2, 0) is 32.6 Å². The zero-order valence-corrected chi connectivity index (χ0v) is 29.5. The van der Waals surface area contributed by atoms with E-state index in [4.69, 9.17) is 16.3 Å². The Morgan fingerprint density at radius 3 is 2.27 bits per heavy atom. The zero-order valence-electron chi connectivity index (χ0n) is 27.9. The van der Waals surface area contributed by atoms with Gasteiger partial charge in [-0.2, -0.15) is 0 Å². The lowest BCUT2D eigenvalue weighted by atomic mass is 10.0. The Morgan fingerprint density at radius 2 is 1.63 bits per heavy atom. The van der Waals surface area contributed by atoms with Crippen molar-refractivity contribution < 1.29 is 27.7 Å². The van der Waals surface area contributed by atoms with Crippen molar-refractivity contribution >= 4 is 44.8 Å². The zero-order chi connectivity index (χ0) is 35.9. The molecular formula is C36H39ClN4O7S. The fraction of sp³-hybridized carbons (Fsp3) is 0.278. The predicted molar refractivity (Wildman–Crippen MR) is 189 cm³/mol. The largest absolute Gasteiger partial charge is 0.495 e. The lowest BCUT2D eigenvalue weighted by Crippen LogP contribution is -2.54. The molecule has 0 unspecified atom stereocenters. The van der Waals surface area contributed by atoms with E-state index in [1.165, 1.54) is 49.3 Å². The van der Waals surface area contributed by atoms with Crippen molar-refractivity contribution in [3.05, 3.63) is 128 Å². The molecule has 0 aliphatic heterocycles. The molecule has 0 aliphatic rings. The maximum absolute atomic E-state index is 14.7. The SMILES string of the molecule is COc1ccc(Cl)cc1N(CC(=O)N(Cc1cccc(C)c1)[C@@H](Cc1ccccc1)C(=O)NC(C)C)S(=O)(=O)c1ccc(C)c([N+](=O)[O-])c1.